The molecule has 3 aromatic rings. The minimum Gasteiger partial charge on any atom is -0.354 e. The van der Waals surface area contributed by atoms with E-state index in [2.05, 4.69) is 31.8 Å². The molecule has 1 fully saturated rings. The molecule has 3 heterocycles. The van der Waals surface area contributed by atoms with E-state index in [0.29, 0.717) is 11.7 Å². The average Bonchev–Trinajstić information content (AvgIpc) is 3.24. The number of pyridine rings is 1. The molecule has 1 saturated heterocycles. The van der Waals surface area contributed by atoms with Gasteiger partial charge in [0.05, 0.1) is 11.0 Å². The number of piperazine rings is 1. The topological polar surface area (TPSA) is 101 Å². The highest BCUT2D eigenvalue weighted by molar-refractivity contribution is 5.54. The van der Waals surface area contributed by atoms with Crippen molar-refractivity contribution in [2.75, 3.05) is 31.1 Å². The first-order chi connectivity index (χ1) is 14.4. The molecule has 0 amide bonds. The summed E-state index contributed by atoms with van der Waals surface area (Å²) < 4.78 is 5.54. The number of benzene rings is 1. The molecule has 1 aliphatic heterocycles. The van der Waals surface area contributed by atoms with E-state index in [-0.39, 0.29) is 11.7 Å². The molecule has 0 spiro atoms. The summed E-state index contributed by atoms with van der Waals surface area (Å²) in [4.78, 5) is 23.9. The number of hydrogen-bond acceptors (Lipinski definition) is 8. The molecule has 2 aromatic heterocycles. The highest BCUT2D eigenvalue weighted by Gasteiger charge is 2.27. The van der Waals surface area contributed by atoms with Crippen LogP contribution < -0.4 is 4.90 Å². The molecule has 1 aliphatic rings. The van der Waals surface area contributed by atoms with Gasteiger partial charge in [-0.15, -0.1) is 0 Å². The molecular formula is C21H24N6O3. The third-order valence-corrected chi connectivity index (χ3v) is 5.52. The van der Waals surface area contributed by atoms with Crippen LogP contribution in [0.1, 0.15) is 30.0 Å². The van der Waals surface area contributed by atoms with Gasteiger partial charge in [-0.2, -0.15) is 4.98 Å². The molecule has 156 valence electrons. The van der Waals surface area contributed by atoms with E-state index in [1.165, 1.54) is 11.8 Å². The zero-order valence-electron chi connectivity index (χ0n) is 17.3. The van der Waals surface area contributed by atoms with E-state index in [9.17, 15) is 10.1 Å². The molecule has 1 unspecified atom stereocenters. The van der Waals surface area contributed by atoms with Crippen LogP contribution in [0.5, 0.6) is 0 Å². The van der Waals surface area contributed by atoms with Gasteiger partial charge in [-0.05, 0) is 26.3 Å². The highest BCUT2D eigenvalue weighted by Crippen LogP contribution is 2.26. The van der Waals surface area contributed by atoms with Crippen LogP contribution in [0.3, 0.4) is 0 Å². The van der Waals surface area contributed by atoms with E-state index in [1.54, 1.807) is 6.07 Å². The van der Waals surface area contributed by atoms with Crippen molar-refractivity contribution in [3.8, 4) is 11.4 Å². The monoisotopic (exact) mass is 408 g/mol. The Labute approximate surface area is 174 Å². The van der Waals surface area contributed by atoms with Gasteiger partial charge in [-0.3, -0.25) is 15.0 Å². The van der Waals surface area contributed by atoms with Crippen molar-refractivity contribution >= 4 is 11.5 Å². The van der Waals surface area contributed by atoms with E-state index >= 15 is 0 Å². The van der Waals surface area contributed by atoms with Gasteiger partial charge in [0, 0.05) is 37.8 Å². The zero-order valence-corrected chi connectivity index (χ0v) is 17.3. The Hall–Kier alpha value is -3.33. The Balaban J connectivity index is 1.41. The van der Waals surface area contributed by atoms with Crippen molar-refractivity contribution in [1.82, 2.24) is 20.0 Å². The van der Waals surface area contributed by atoms with Crippen LogP contribution in [0.2, 0.25) is 0 Å². The molecule has 0 aliphatic carbocycles. The second-order valence-corrected chi connectivity index (χ2v) is 7.61. The Morgan fingerprint density at radius 1 is 1.13 bits per heavy atom. The third kappa shape index (κ3) is 4.02. The highest BCUT2D eigenvalue weighted by atomic mass is 16.6. The number of nitro groups is 1. The van der Waals surface area contributed by atoms with E-state index in [1.807, 2.05) is 38.1 Å². The Bertz CT molecular complexity index is 1040. The number of nitrogens with zero attached hydrogens (tertiary/aromatic N) is 6. The van der Waals surface area contributed by atoms with E-state index in [0.717, 1.165) is 43.1 Å². The maximum absolute atomic E-state index is 10.9. The molecule has 30 heavy (non-hydrogen) atoms. The summed E-state index contributed by atoms with van der Waals surface area (Å²) in [5.74, 6) is 2.00. The second kappa shape index (κ2) is 8.19. The standard InChI is InChI=1S/C21H24N6O3/c1-14-4-6-17(7-5-14)19-23-21(30-24-19)16(3)25-8-10-26(11-9-25)20-15(2)12-18(13-22-20)27(28)29/h4-7,12-13,16H,8-11H2,1-3H3. The predicted molar refractivity (Wildman–Crippen MR) is 112 cm³/mol. The lowest BCUT2D eigenvalue weighted by Crippen LogP contribution is -2.47. The summed E-state index contributed by atoms with van der Waals surface area (Å²) in [5, 5.41) is 15.1. The molecule has 9 heteroatoms. The number of aromatic nitrogens is 3. The number of aryl methyl sites for hydroxylation is 2. The van der Waals surface area contributed by atoms with Gasteiger partial charge in [-0.25, -0.2) is 4.98 Å². The summed E-state index contributed by atoms with van der Waals surface area (Å²) in [6, 6.07) is 9.62. The van der Waals surface area contributed by atoms with Gasteiger partial charge in [0.25, 0.3) is 5.69 Å². The quantitative estimate of drug-likeness (QED) is 0.467. The molecule has 1 aromatic carbocycles. The molecular weight excluding hydrogens is 384 g/mol. The number of hydrogen-bond donors (Lipinski definition) is 0. The Kier molecular flexibility index (Phi) is 5.45. The van der Waals surface area contributed by atoms with Gasteiger partial charge in [0.1, 0.15) is 12.0 Å². The van der Waals surface area contributed by atoms with Crippen LogP contribution in [-0.4, -0.2) is 51.1 Å². The van der Waals surface area contributed by atoms with Crippen molar-refractivity contribution in [3.63, 3.8) is 0 Å². The van der Waals surface area contributed by atoms with Gasteiger partial charge in [0.15, 0.2) is 0 Å². The fourth-order valence-electron chi connectivity index (χ4n) is 3.69. The summed E-state index contributed by atoms with van der Waals surface area (Å²) >= 11 is 0. The number of rotatable bonds is 5. The minimum atomic E-state index is -0.418. The van der Waals surface area contributed by atoms with Gasteiger partial charge in [-0.1, -0.05) is 35.0 Å². The first-order valence-electron chi connectivity index (χ1n) is 9.93. The SMILES string of the molecule is Cc1ccc(-c2noc(C(C)N3CCN(c4ncc([N+](=O)[O-])cc4C)CC3)n2)cc1. The van der Waals surface area contributed by atoms with Crippen molar-refractivity contribution in [1.29, 1.82) is 0 Å². The Morgan fingerprint density at radius 3 is 2.47 bits per heavy atom. The van der Waals surface area contributed by atoms with E-state index in [4.69, 9.17) is 4.52 Å². The van der Waals surface area contributed by atoms with Crippen LogP contribution in [0.4, 0.5) is 11.5 Å². The summed E-state index contributed by atoms with van der Waals surface area (Å²) in [6.07, 6.45) is 1.32. The summed E-state index contributed by atoms with van der Waals surface area (Å²) in [5.41, 5.74) is 2.95. The second-order valence-electron chi connectivity index (χ2n) is 7.61. The van der Waals surface area contributed by atoms with Gasteiger partial charge >= 0.3 is 0 Å². The molecule has 0 N–H and O–H groups in total. The van der Waals surface area contributed by atoms with Crippen LogP contribution in [0, 0.1) is 24.0 Å². The maximum Gasteiger partial charge on any atom is 0.287 e. The Morgan fingerprint density at radius 2 is 1.83 bits per heavy atom. The third-order valence-electron chi connectivity index (χ3n) is 5.52. The van der Waals surface area contributed by atoms with E-state index < -0.39 is 4.92 Å². The van der Waals surface area contributed by atoms with Gasteiger partial charge < -0.3 is 9.42 Å². The van der Waals surface area contributed by atoms with Crippen molar-refractivity contribution in [2.45, 2.75) is 26.8 Å². The predicted octanol–water partition coefficient (Wildman–Crippen LogP) is 3.54. The van der Waals surface area contributed by atoms with Crippen molar-refractivity contribution in [3.05, 3.63) is 63.7 Å². The fraction of sp³-hybridized carbons (Fsp3) is 0.381. The largest absolute Gasteiger partial charge is 0.354 e. The zero-order chi connectivity index (χ0) is 21.3. The van der Waals surface area contributed by atoms with Crippen LogP contribution >= 0.6 is 0 Å². The van der Waals surface area contributed by atoms with Crippen LogP contribution in [0.15, 0.2) is 41.1 Å². The normalized spacial score (nSPS) is 15.9. The summed E-state index contributed by atoms with van der Waals surface area (Å²) in [7, 11) is 0. The molecule has 0 saturated carbocycles. The minimum absolute atomic E-state index is 0.00441. The van der Waals surface area contributed by atoms with Crippen molar-refractivity contribution in [2.24, 2.45) is 0 Å². The molecule has 0 radical (unpaired) electrons. The lowest BCUT2D eigenvalue weighted by molar-refractivity contribution is -0.385. The molecule has 4 rings (SSSR count). The first kappa shape index (κ1) is 20.0. The van der Waals surface area contributed by atoms with Crippen LogP contribution in [-0.2, 0) is 0 Å². The average molecular weight is 408 g/mol. The molecule has 9 nitrogen and oxygen atoms in total. The van der Waals surface area contributed by atoms with Gasteiger partial charge in [0.2, 0.25) is 11.7 Å². The molecule has 0 bridgehead atoms. The first-order valence-corrected chi connectivity index (χ1v) is 9.93. The molecule has 1 atom stereocenters. The maximum atomic E-state index is 10.9. The number of anilines is 1. The van der Waals surface area contributed by atoms with Crippen molar-refractivity contribution < 1.29 is 9.45 Å². The smallest absolute Gasteiger partial charge is 0.287 e. The lowest BCUT2D eigenvalue weighted by atomic mass is 10.1. The fourth-order valence-corrected chi connectivity index (χ4v) is 3.69. The van der Waals surface area contributed by atoms with Crippen LogP contribution in [0.25, 0.3) is 11.4 Å². The summed E-state index contributed by atoms with van der Waals surface area (Å²) in [6.45, 7) is 9.13. The lowest BCUT2D eigenvalue weighted by Gasteiger charge is -2.37.